The SMILES string of the molecule is CCCN(Cc1ccc(Cl)cc1)C(=O)NC[C@H](CC)N1CCN(C)CC1. The van der Waals surface area contributed by atoms with Crippen molar-refractivity contribution in [2.45, 2.75) is 39.3 Å². The highest BCUT2D eigenvalue weighted by molar-refractivity contribution is 6.30. The van der Waals surface area contributed by atoms with Crippen molar-refractivity contribution in [3.05, 3.63) is 34.9 Å². The minimum absolute atomic E-state index is 0.0226. The predicted octanol–water partition coefficient (Wildman–Crippen LogP) is 3.29. The number of hydrogen-bond donors (Lipinski definition) is 1. The van der Waals surface area contributed by atoms with E-state index in [0.717, 1.165) is 56.2 Å². The summed E-state index contributed by atoms with van der Waals surface area (Å²) in [6.45, 7) is 10.7. The van der Waals surface area contributed by atoms with E-state index in [1.807, 2.05) is 29.2 Å². The van der Waals surface area contributed by atoms with E-state index in [-0.39, 0.29) is 6.03 Å². The van der Waals surface area contributed by atoms with Gasteiger partial charge in [-0.25, -0.2) is 4.79 Å². The Morgan fingerprint density at radius 3 is 2.42 bits per heavy atom. The number of nitrogens with zero attached hydrogens (tertiary/aromatic N) is 3. The van der Waals surface area contributed by atoms with Crippen LogP contribution in [0.5, 0.6) is 0 Å². The highest BCUT2D eigenvalue weighted by Crippen LogP contribution is 2.12. The molecule has 1 fully saturated rings. The molecule has 0 unspecified atom stereocenters. The number of benzene rings is 1. The van der Waals surface area contributed by atoms with Crippen molar-refractivity contribution >= 4 is 17.6 Å². The lowest BCUT2D eigenvalue weighted by Gasteiger charge is -2.38. The number of piperazine rings is 1. The molecule has 6 heteroatoms. The molecular formula is C20H33ClN4O. The van der Waals surface area contributed by atoms with E-state index in [1.54, 1.807) is 0 Å². The third-order valence-electron chi connectivity index (χ3n) is 5.08. The topological polar surface area (TPSA) is 38.8 Å². The number of carbonyl (C=O) groups excluding carboxylic acids is 1. The molecule has 26 heavy (non-hydrogen) atoms. The van der Waals surface area contributed by atoms with Crippen LogP contribution >= 0.6 is 11.6 Å². The summed E-state index contributed by atoms with van der Waals surface area (Å²) in [4.78, 5) is 19.5. The Morgan fingerprint density at radius 2 is 1.85 bits per heavy atom. The Kier molecular flexibility index (Phi) is 8.69. The third kappa shape index (κ3) is 6.45. The maximum atomic E-state index is 12.7. The second-order valence-electron chi connectivity index (χ2n) is 7.14. The molecule has 0 spiro atoms. The predicted molar refractivity (Wildman–Crippen MR) is 109 cm³/mol. The lowest BCUT2D eigenvalue weighted by molar-refractivity contribution is 0.107. The van der Waals surface area contributed by atoms with Crippen LogP contribution in [0.25, 0.3) is 0 Å². The summed E-state index contributed by atoms with van der Waals surface area (Å²) in [7, 11) is 2.17. The Hall–Kier alpha value is -1.30. The molecule has 2 rings (SSSR count). The second-order valence-corrected chi connectivity index (χ2v) is 7.57. The normalized spacial score (nSPS) is 17.1. The molecule has 0 aromatic heterocycles. The van der Waals surface area contributed by atoms with Gasteiger partial charge in [0.15, 0.2) is 0 Å². The zero-order valence-electron chi connectivity index (χ0n) is 16.4. The molecule has 0 bridgehead atoms. The fourth-order valence-electron chi connectivity index (χ4n) is 3.37. The van der Waals surface area contributed by atoms with Gasteiger partial charge in [0, 0.05) is 56.9 Å². The fourth-order valence-corrected chi connectivity index (χ4v) is 3.49. The number of nitrogens with one attached hydrogen (secondary N) is 1. The highest BCUT2D eigenvalue weighted by atomic mass is 35.5. The number of halogens is 1. The van der Waals surface area contributed by atoms with Crippen molar-refractivity contribution in [2.75, 3.05) is 46.3 Å². The quantitative estimate of drug-likeness (QED) is 0.752. The van der Waals surface area contributed by atoms with Crippen LogP contribution in [0.15, 0.2) is 24.3 Å². The number of likely N-dealkylation sites (N-methyl/N-ethyl adjacent to an activating group) is 1. The first-order chi connectivity index (χ1) is 12.5. The molecule has 1 heterocycles. The van der Waals surface area contributed by atoms with Gasteiger partial charge in [-0.3, -0.25) is 4.90 Å². The molecule has 0 radical (unpaired) electrons. The monoisotopic (exact) mass is 380 g/mol. The summed E-state index contributed by atoms with van der Waals surface area (Å²) in [5.74, 6) is 0. The van der Waals surface area contributed by atoms with Gasteiger partial charge in [-0.2, -0.15) is 0 Å². The zero-order valence-corrected chi connectivity index (χ0v) is 17.1. The standard InChI is InChI=1S/C20H33ClN4O/c1-4-10-25(16-17-6-8-18(21)9-7-17)20(26)22-15-19(5-2)24-13-11-23(3)12-14-24/h6-9,19H,4-5,10-16H2,1-3H3,(H,22,26)/t19-/m0/s1. The molecule has 1 atom stereocenters. The Balaban J connectivity index is 1.88. The third-order valence-corrected chi connectivity index (χ3v) is 5.33. The van der Waals surface area contributed by atoms with Crippen LogP contribution < -0.4 is 5.32 Å². The van der Waals surface area contributed by atoms with Crippen molar-refractivity contribution in [2.24, 2.45) is 0 Å². The van der Waals surface area contributed by atoms with Crippen LogP contribution in [0.3, 0.4) is 0 Å². The van der Waals surface area contributed by atoms with Gasteiger partial charge < -0.3 is 15.1 Å². The molecule has 1 N–H and O–H groups in total. The molecule has 1 aliphatic rings. The van der Waals surface area contributed by atoms with Crippen molar-refractivity contribution in [3.8, 4) is 0 Å². The zero-order chi connectivity index (χ0) is 18.9. The number of rotatable bonds is 8. The van der Waals surface area contributed by atoms with Crippen LogP contribution in [-0.4, -0.2) is 73.1 Å². The maximum Gasteiger partial charge on any atom is 0.317 e. The van der Waals surface area contributed by atoms with E-state index in [1.165, 1.54) is 0 Å². The van der Waals surface area contributed by atoms with Gasteiger partial charge in [0.25, 0.3) is 0 Å². The highest BCUT2D eigenvalue weighted by Gasteiger charge is 2.22. The Morgan fingerprint density at radius 1 is 1.19 bits per heavy atom. The van der Waals surface area contributed by atoms with Gasteiger partial charge in [-0.15, -0.1) is 0 Å². The van der Waals surface area contributed by atoms with Gasteiger partial charge in [-0.05, 0) is 37.6 Å². The smallest absolute Gasteiger partial charge is 0.317 e. The molecule has 5 nitrogen and oxygen atoms in total. The number of amides is 2. The van der Waals surface area contributed by atoms with Gasteiger partial charge in [0.05, 0.1) is 0 Å². The van der Waals surface area contributed by atoms with Crippen molar-refractivity contribution in [3.63, 3.8) is 0 Å². The van der Waals surface area contributed by atoms with Crippen molar-refractivity contribution in [1.82, 2.24) is 20.0 Å². The molecule has 1 aromatic carbocycles. The van der Waals surface area contributed by atoms with E-state index < -0.39 is 0 Å². The Bertz CT molecular complexity index is 543. The average molecular weight is 381 g/mol. The van der Waals surface area contributed by atoms with Crippen LogP contribution in [-0.2, 0) is 6.54 Å². The molecule has 0 saturated carbocycles. The maximum absolute atomic E-state index is 12.7. The van der Waals surface area contributed by atoms with Gasteiger partial charge in [-0.1, -0.05) is 37.6 Å². The summed E-state index contributed by atoms with van der Waals surface area (Å²) in [6, 6.07) is 8.15. The van der Waals surface area contributed by atoms with E-state index in [2.05, 4.69) is 36.0 Å². The molecule has 146 valence electrons. The first-order valence-corrected chi connectivity index (χ1v) is 10.1. The van der Waals surface area contributed by atoms with E-state index in [0.29, 0.717) is 19.1 Å². The van der Waals surface area contributed by atoms with Crippen LogP contribution in [0.4, 0.5) is 4.79 Å². The van der Waals surface area contributed by atoms with Crippen molar-refractivity contribution < 1.29 is 4.79 Å². The number of urea groups is 1. The average Bonchev–Trinajstić information content (AvgIpc) is 2.64. The summed E-state index contributed by atoms with van der Waals surface area (Å²) in [6.07, 6.45) is 1.99. The summed E-state index contributed by atoms with van der Waals surface area (Å²) >= 11 is 5.95. The first-order valence-electron chi connectivity index (χ1n) is 9.73. The van der Waals surface area contributed by atoms with E-state index in [9.17, 15) is 4.79 Å². The minimum atomic E-state index is 0.0226. The van der Waals surface area contributed by atoms with Gasteiger partial charge in [0.1, 0.15) is 0 Å². The minimum Gasteiger partial charge on any atom is -0.336 e. The van der Waals surface area contributed by atoms with Gasteiger partial charge >= 0.3 is 6.03 Å². The summed E-state index contributed by atoms with van der Waals surface area (Å²) in [5.41, 5.74) is 1.10. The molecule has 0 aliphatic carbocycles. The largest absolute Gasteiger partial charge is 0.336 e. The number of hydrogen-bond acceptors (Lipinski definition) is 3. The molecular weight excluding hydrogens is 348 g/mol. The fraction of sp³-hybridized carbons (Fsp3) is 0.650. The summed E-state index contributed by atoms with van der Waals surface area (Å²) in [5, 5.41) is 3.88. The van der Waals surface area contributed by atoms with Crippen LogP contribution in [0, 0.1) is 0 Å². The van der Waals surface area contributed by atoms with Gasteiger partial charge in [0.2, 0.25) is 0 Å². The molecule has 2 amide bonds. The molecule has 1 aliphatic heterocycles. The first kappa shape index (κ1) is 21.0. The molecule has 1 aromatic rings. The lowest BCUT2D eigenvalue weighted by Crippen LogP contribution is -2.53. The van der Waals surface area contributed by atoms with Crippen molar-refractivity contribution in [1.29, 1.82) is 0 Å². The van der Waals surface area contributed by atoms with E-state index >= 15 is 0 Å². The lowest BCUT2D eigenvalue weighted by atomic mass is 10.1. The summed E-state index contributed by atoms with van der Waals surface area (Å²) < 4.78 is 0. The second kappa shape index (κ2) is 10.8. The van der Waals surface area contributed by atoms with Crippen LogP contribution in [0.2, 0.25) is 5.02 Å². The van der Waals surface area contributed by atoms with Crippen LogP contribution in [0.1, 0.15) is 32.3 Å². The Labute approximate surface area is 163 Å². The van der Waals surface area contributed by atoms with E-state index in [4.69, 9.17) is 11.6 Å². The molecule has 1 saturated heterocycles. The number of carbonyl (C=O) groups is 1.